The van der Waals surface area contributed by atoms with Gasteiger partial charge in [-0.15, -0.1) is 37.2 Å². The van der Waals surface area contributed by atoms with Crippen molar-refractivity contribution in [3.05, 3.63) is 48.5 Å². The maximum atomic E-state index is 5.84. The van der Waals surface area contributed by atoms with Gasteiger partial charge in [-0.1, -0.05) is 12.1 Å². The molecule has 2 aromatic carbocycles. The van der Waals surface area contributed by atoms with Crippen molar-refractivity contribution in [3.8, 4) is 11.5 Å². The average Bonchev–Trinajstić information content (AvgIpc) is 2.72. The van der Waals surface area contributed by atoms with Gasteiger partial charge in [0, 0.05) is 45.5 Å². The number of anilines is 2. The molecule has 172 valence electrons. The number of rotatable bonds is 8. The Balaban J connectivity index is 0. The molecule has 0 spiro atoms. The highest BCUT2D eigenvalue weighted by Gasteiger charge is 2.19. The molecule has 0 saturated carbocycles. The third-order valence-electron chi connectivity index (χ3n) is 4.83. The second kappa shape index (κ2) is 16.2. The zero-order chi connectivity index (χ0) is 18.2. The third-order valence-corrected chi connectivity index (χ3v) is 4.83. The van der Waals surface area contributed by atoms with E-state index in [-0.39, 0.29) is 42.7 Å². The average molecular weight is 483 g/mol. The topological polar surface area (TPSA) is 68.5 Å². The molecule has 1 heterocycles. The molecule has 0 atom stereocenters. The van der Waals surface area contributed by atoms with Crippen LogP contribution in [-0.4, -0.2) is 63.9 Å². The Labute approximate surface area is 198 Å². The molecule has 1 aliphatic heterocycles. The number of halogens is 3. The zero-order valence-corrected chi connectivity index (χ0v) is 20.0. The van der Waals surface area contributed by atoms with Crippen molar-refractivity contribution in [2.75, 3.05) is 63.7 Å². The lowest BCUT2D eigenvalue weighted by molar-refractivity contribution is 0.224. The molecular weight excluding hydrogens is 449 g/mol. The van der Waals surface area contributed by atoms with Crippen LogP contribution >= 0.6 is 37.2 Å². The fourth-order valence-electron chi connectivity index (χ4n) is 3.30. The third kappa shape index (κ3) is 8.66. The largest absolute Gasteiger partial charge is 0.495 e. The van der Waals surface area contributed by atoms with E-state index in [1.54, 1.807) is 7.11 Å². The summed E-state index contributed by atoms with van der Waals surface area (Å²) >= 11 is 0. The maximum Gasteiger partial charge on any atom is 0.142 e. The molecule has 1 aliphatic rings. The lowest BCUT2D eigenvalue weighted by atomic mass is 10.2. The summed E-state index contributed by atoms with van der Waals surface area (Å²) in [6.07, 6.45) is 1.04. The summed E-state index contributed by atoms with van der Waals surface area (Å²) in [5, 5.41) is 3.11. The van der Waals surface area contributed by atoms with Gasteiger partial charge in [0.15, 0.2) is 0 Å². The molecule has 0 bridgehead atoms. The van der Waals surface area contributed by atoms with Gasteiger partial charge < -0.3 is 25.2 Å². The van der Waals surface area contributed by atoms with E-state index in [0.717, 1.165) is 62.9 Å². The number of nitrogens with one attached hydrogen (secondary N) is 1. The Kier molecular flexibility index (Phi) is 16.5. The molecule has 3 N–H and O–H groups in total. The van der Waals surface area contributed by atoms with Crippen LogP contribution in [-0.2, 0) is 0 Å². The minimum absolute atomic E-state index is 0. The van der Waals surface area contributed by atoms with Gasteiger partial charge in [-0.25, -0.2) is 0 Å². The minimum atomic E-state index is 0. The van der Waals surface area contributed by atoms with E-state index in [4.69, 9.17) is 9.47 Å². The predicted molar refractivity (Wildman–Crippen MR) is 133 cm³/mol. The number of methoxy groups -OCH3 is 1. The summed E-state index contributed by atoms with van der Waals surface area (Å²) in [6.45, 7) is 6.06. The minimum Gasteiger partial charge on any atom is -0.495 e. The standard InChI is InChI=1S/C21H29N3O2.3ClH.H2O/c1-22-18-8-10-19(11-9-18)26-17-5-12-23-13-15-24(16-14-23)20-6-3-4-7-21(20)25-2;;;;/h3-4,6-11,22H,5,12-17H2,1-2H3;3*1H;1H2. The molecule has 6 nitrogen and oxygen atoms in total. The lowest BCUT2D eigenvalue weighted by Gasteiger charge is -2.36. The highest BCUT2D eigenvalue weighted by atomic mass is 35.5. The summed E-state index contributed by atoms with van der Waals surface area (Å²) in [5.74, 6) is 1.89. The molecule has 0 amide bonds. The number of para-hydroxylation sites is 2. The van der Waals surface area contributed by atoms with E-state index in [0.29, 0.717) is 0 Å². The van der Waals surface area contributed by atoms with Gasteiger partial charge in [0.05, 0.1) is 19.4 Å². The SMILES string of the molecule is CNc1ccc(OCCCN2CCN(c3ccccc3OC)CC2)cc1.Cl.Cl.Cl.O. The van der Waals surface area contributed by atoms with Gasteiger partial charge in [-0.2, -0.15) is 0 Å². The number of piperazine rings is 1. The second-order valence-electron chi connectivity index (χ2n) is 6.48. The van der Waals surface area contributed by atoms with E-state index >= 15 is 0 Å². The molecule has 2 aromatic rings. The molecular formula is C21H34Cl3N3O3. The van der Waals surface area contributed by atoms with Crippen LogP contribution < -0.4 is 19.7 Å². The zero-order valence-electron chi connectivity index (χ0n) is 17.5. The predicted octanol–water partition coefficient (Wildman–Crippen LogP) is 3.77. The molecule has 9 heteroatoms. The monoisotopic (exact) mass is 481 g/mol. The van der Waals surface area contributed by atoms with E-state index in [1.165, 1.54) is 5.69 Å². The number of benzene rings is 2. The first kappa shape index (κ1) is 30.6. The first-order valence-corrected chi connectivity index (χ1v) is 9.31. The first-order valence-electron chi connectivity index (χ1n) is 9.31. The normalized spacial score (nSPS) is 12.9. The quantitative estimate of drug-likeness (QED) is 0.580. The van der Waals surface area contributed by atoms with Crippen molar-refractivity contribution in [2.45, 2.75) is 6.42 Å². The molecule has 1 fully saturated rings. The van der Waals surface area contributed by atoms with E-state index < -0.39 is 0 Å². The fraction of sp³-hybridized carbons (Fsp3) is 0.429. The van der Waals surface area contributed by atoms with Crippen LogP contribution in [0.5, 0.6) is 11.5 Å². The summed E-state index contributed by atoms with van der Waals surface area (Å²) in [6, 6.07) is 16.4. The Hall–Kier alpha value is -1.57. The van der Waals surface area contributed by atoms with Gasteiger partial charge in [-0.3, -0.25) is 4.90 Å². The van der Waals surface area contributed by atoms with Crippen LogP contribution in [0.25, 0.3) is 0 Å². The van der Waals surface area contributed by atoms with E-state index in [1.807, 2.05) is 43.4 Å². The number of hydrogen-bond acceptors (Lipinski definition) is 5. The summed E-state index contributed by atoms with van der Waals surface area (Å²) in [5.41, 5.74) is 2.30. The number of hydrogen-bond donors (Lipinski definition) is 1. The number of nitrogens with zero attached hydrogens (tertiary/aromatic N) is 2. The molecule has 0 radical (unpaired) electrons. The van der Waals surface area contributed by atoms with Crippen LogP contribution in [0.3, 0.4) is 0 Å². The van der Waals surface area contributed by atoms with E-state index in [9.17, 15) is 0 Å². The molecule has 1 saturated heterocycles. The van der Waals surface area contributed by atoms with Crippen molar-refractivity contribution in [3.63, 3.8) is 0 Å². The van der Waals surface area contributed by atoms with Crippen molar-refractivity contribution in [1.82, 2.24) is 4.90 Å². The molecule has 0 unspecified atom stereocenters. The Morgan fingerprint density at radius 2 is 1.53 bits per heavy atom. The van der Waals surface area contributed by atoms with Crippen molar-refractivity contribution < 1.29 is 14.9 Å². The molecule has 30 heavy (non-hydrogen) atoms. The van der Waals surface area contributed by atoms with Crippen molar-refractivity contribution in [1.29, 1.82) is 0 Å². The Bertz CT molecular complexity index is 685. The van der Waals surface area contributed by atoms with E-state index in [2.05, 4.69) is 27.2 Å². The van der Waals surface area contributed by atoms with Gasteiger partial charge in [-0.05, 0) is 42.8 Å². The van der Waals surface area contributed by atoms with Gasteiger partial charge in [0.25, 0.3) is 0 Å². The maximum absolute atomic E-state index is 5.84. The van der Waals surface area contributed by atoms with Crippen LogP contribution in [0.4, 0.5) is 11.4 Å². The summed E-state index contributed by atoms with van der Waals surface area (Å²) in [4.78, 5) is 4.93. The molecule has 0 aromatic heterocycles. The molecule has 3 rings (SSSR count). The van der Waals surface area contributed by atoms with Crippen molar-refractivity contribution >= 4 is 48.6 Å². The molecule has 0 aliphatic carbocycles. The van der Waals surface area contributed by atoms with Crippen LogP contribution in [0.2, 0.25) is 0 Å². The van der Waals surface area contributed by atoms with Gasteiger partial charge in [0.1, 0.15) is 11.5 Å². The highest BCUT2D eigenvalue weighted by molar-refractivity contribution is 5.86. The van der Waals surface area contributed by atoms with Crippen LogP contribution in [0, 0.1) is 0 Å². The second-order valence-corrected chi connectivity index (χ2v) is 6.48. The van der Waals surface area contributed by atoms with Crippen LogP contribution in [0.1, 0.15) is 6.42 Å². The number of ether oxygens (including phenoxy) is 2. The Morgan fingerprint density at radius 3 is 2.13 bits per heavy atom. The summed E-state index contributed by atoms with van der Waals surface area (Å²) in [7, 11) is 3.66. The first-order chi connectivity index (χ1) is 12.8. The van der Waals surface area contributed by atoms with Crippen LogP contribution in [0.15, 0.2) is 48.5 Å². The van der Waals surface area contributed by atoms with Crippen molar-refractivity contribution in [2.24, 2.45) is 0 Å². The summed E-state index contributed by atoms with van der Waals surface area (Å²) < 4.78 is 11.3. The smallest absolute Gasteiger partial charge is 0.142 e. The Morgan fingerprint density at radius 1 is 0.900 bits per heavy atom. The highest BCUT2D eigenvalue weighted by Crippen LogP contribution is 2.28. The lowest BCUT2D eigenvalue weighted by Crippen LogP contribution is -2.46. The van der Waals surface area contributed by atoms with Gasteiger partial charge in [0.2, 0.25) is 0 Å². The fourth-order valence-corrected chi connectivity index (χ4v) is 3.30. The van der Waals surface area contributed by atoms with Gasteiger partial charge >= 0.3 is 0 Å².